The average molecular weight is 341 g/mol. The van der Waals surface area contributed by atoms with Gasteiger partial charge in [0.25, 0.3) is 0 Å². The van der Waals surface area contributed by atoms with E-state index in [-0.39, 0.29) is 5.97 Å². The number of fused-ring (bicyclic) bond motifs is 2. The maximum atomic E-state index is 12.4. The zero-order valence-corrected chi connectivity index (χ0v) is 14.8. The summed E-state index contributed by atoms with van der Waals surface area (Å²) >= 11 is 0. The van der Waals surface area contributed by atoms with Crippen LogP contribution in [0.2, 0.25) is 0 Å². The number of hydrogen-bond donors (Lipinski definition) is 0. The molecule has 3 nitrogen and oxygen atoms in total. The van der Waals surface area contributed by atoms with Gasteiger partial charge in [0, 0.05) is 10.8 Å². The molecule has 0 atom stereocenters. The highest BCUT2D eigenvalue weighted by molar-refractivity contribution is 6.04. The predicted molar refractivity (Wildman–Crippen MR) is 105 cm³/mol. The summed E-state index contributed by atoms with van der Waals surface area (Å²) in [5.74, 6) is -0.338. The van der Waals surface area contributed by atoms with Crippen LogP contribution in [-0.4, -0.2) is 18.1 Å². The number of hydrogen-bond acceptors (Lipinski definition) is 3. The monoisotopic (exact) mass is 341 g/mol. The van der Waals surface area contributed by atoms with Crippen molar-refractivity contribution >= 4 is 27.8 Å². The van der Waals surface area contributed by atoms with E-state index in [1.807, 2.05) is 48.5 Å². The van der Waals surface area contributed by atoms with Crippen LogP contribution in [0.25, 0.3) is 32.9 Å². The molecule has 0 bridgehead atoms. The third-order valence-electron chi connectivity index (χ3n) is 4.73. The van der Waals surface area contributed by atoms with Crippen molar-refractivity contribution < 1.29 is 9.53 Å². The van der Waals surface area contributed by atoms with E-state index in [0.29, 0.717) is 5.56 Å². The number of aryl methyl sites for hydroxylation is 1. The van der Waals surface area contributed by atoms with Gasteiger partial charge in [0.2, 0.25) is 0 Å². The zero-order valence-electron chi connectivity index (χ0n) is 14.8. The molecule has 0 unspecified atom stereocenters. The maximum Gasteiger partial charge on any atom is 0.338 e. The van der Waals surface area contributed by atoms with Crippen LogP contribution in [0.3, 0.4) is 0 Å². The number of rotatable bonds is 3. The number of esters is 1. The first kappa shape index (κ1) is 16.3. The molecule has 3 aromatic carbocycles. The summed E-state index contributed by atoms with van der Waals surface area (Å²) in [5, 5.41) is 1.98. The number of aromatic nitrogens is 1. The lowest BCUT2D eigenvalue weighted by atomic mass is 9.95. The summed E-state index contributed by atoms with van der Waals surface area (Å²) in [6.45, 7) is 2.12. The minimum atomic E-state index is -0.338. The van der Waals surface area contributed by atoms with Gasteiger partial charge < -0.3 is 4.74 Å². The number of pyridine rings is 1. The number of ether oxygens (including phenoxy) is 1. The fraction of sp³-hybridized carbons (Fsp3) is 0.130. The number of nitrogens with zero attached hydrogens (tertiary/aromatic N) is 1. The number of para-hydroxylation sites is 1. The summed E-state index contributed by atoms with van der Waals surface area (Å²) in [6, 6.07) is 22.2. The van der Waals surface area contributed by atoms with E-state index in [1.165, 1.54) is 12.7 Å². The predicted octanol–water partition coefficient (Wildman–Crippen LogP) is 5.40. The van der Waals surface area contributed by atoms with Crippen LogP contribution in [0.15, 0.2) is 66.7 Å². The lowest BCUT2D eigenvalue weighted by Crippen LogP contribution is -2.04. The second-order valence-electron chi connectivity index (χ2n) is 6.31. The molecule has 1 aromatic heterocycles. The fourth-order valence-corrected chi connectivity index (χ4v) is 3.26. The summed E-state index contributed by atoms with van der Waals surface area (Å²) in [5.41, 5.74) is 5.46. The van der Waals surface area contributed by atoms with Gasteiger partial charge in [-0.25, -0.2) is 9.78 Å². The quantitative estimate of drug-likeness (QED) is 0.370. The summed E-state index contributed by atoms with van der Waals surface area (Å²) in [6.07, 6.45) is 0.982. The second kappa shape index (κ2) is 6.60. The highest BCUT2D eigenvalue weighted by atomic mass is 16.5. The molecule has 0 fully saturated rings. The summed E-state index contributed by atoms with van der Waals surface area (Å²) in [4.78, 5) is 17.2. The zero-order chi connectivity index (χ0) is 18.1. The first-order chi connectivity index (χ1) is 12.7. The Kier molecular flexibility index (Phi) is 4.13. The summed E-state index contributed by atoms with van der Waals surface area (Å²) < 4.78 is 5.02. The Morgan fingerprint density at radius 2 is 1.69 bits per heavy atom. The normalized spacial score (nSPS) is 11.0. The molecule has 0 saturated carbocycles. The molecule has 0 saturated heterocycles. The van der Waals surface area contributed by atoms with Gasteiger partial charge in [-0.2, -0.15) is 0 Å². The third kappa shape index (κ3) is 2.82. The van der Waals surface area contributed by atoms with Gasteiger partial charge in [-0.3, -0.25) is 0 Å². The molecule has 26 heavy (non-hydrogen) atoms. The van der Waals surface area contributed by atoms with Crippen molar-refractivity contribution in [1.29, 1.82) is 0 Å². The largest absolute Gasteiger partial charge is 0.465 e. The molecule has 1 heterocycles. The molecule has 128 valence electrons. The van der Waals surface area contributed by atoms with Gasteiger partial charge in [-0.05, 0) is 47.4 Å². The standard InChI is InChI=1S/C23H19NO2/c1-3-15-8-10-16(11-9-15)19-14-22-18(13-20(19)23(25)26-2)12-17-6-4-5-7-21(17)24-22/h4-14H,3H2,1-2H3. The SMILES string of the molecule is CCc1ccc(-c2cc3nc4ccccc4cc3cc2C(=O)OC)cc1. The molecule has 0 aliphatic heterocycles. The van der Waals surface area contributed by atoms with Crippen molar-refractivity contribution in [3.63, 3.8) is 0 Å². The lowest BCUT2D eigenvalue weighted by Gasteiger charge is -2.11. The average Bonchev–Trinajstić information content (AvgIpc) is 2.70. The van der Waals surface area contributed by atoms with Gasteiger partial charge in [-0.15, -0.1) is 0 Å². The molecule has 4 aromatic rings. The Hall–Kier alpha value is -3.20. The van der Waals surface area contributed by atoms with E-state index >= 15 is 0 Å². The van der Waals surface area contributed by atoms with Crippen molar-refractivity contribution in [3.05, 3.63) is 77.9 Å². The van der Waals surface area contributed by atoms with Crippen molar-refractivity contribution in [2.24, 2.45) is 0 Å². The third-order valence-corrected chi connectivity index (χ3v) is 4.73. The second-order valence-corrected chi connectivity index (χ2v) is 6.31. The smallest absolute Gasteiger partial charge is 0.338 e. The topological polar surface area (TPSA) is 39.2 Å². The molecule has 0 spiro atoms. The molecule has 3 heteroatoms. The van der Waals surface area contributed by atoms with E-state index in [9.17, 15) is 4.79 Å². The van der Waals surface area contributed by atoms with E-state index < -0.39 is 0 Å². The van der Waals surface area contributed by atoms with Crippen LogP contribution in [0.4, 0.5) is 0 Å². The molecule has 0 radical (unpaired) electrons. The van der Waals surface area contributed by atoms with Crippen LogP contribution >= 0.6 is 0 Å². The van der Waals surface area contributed by atoms with Crippen molar-refractivity contribution in [2.75, 3.05) is 7.11 Å². The Balaban J connectivity index is 1.98. The molecule has 0 aliphatic carbocycles. The lowest BCUT2D eigenvalue weighted by molar-refractivity contribution is 0.0602. The minimum Gasteiger partial charge on any atom is -0.465 e. The molecular weight excluding hydrogens is 322 g/mol. The van der Waals surface area contributed by atoms with Crippen LogP contribution in [0.1, 0.15) is 22.8 Å². The highest BCUT2D eigenvalue weighted by Gasteiger charge is 2.16. The number of benzene rings is 3. The first-order valence-corrected chi connectivity index (χ1v) is 8.71. The number of methoxy groups -OCH3 is 1. The molecule has 0 aliphatic rings. The van der Waals surface area contributed by atoms with Crippen molar-refractivity contribution in [1.82, 2.24) is 4.98 Å². The maximum absolute atomic E-state index is 12.4. The highest BCUT2D eigenvalue weighted by Crippen LogP contribution is 2.30. The Morgan fingerprint density at radius 3 is 2.42 bits per heavy atom. The van der Waals surface area contributed by atoms with Crippen molar-refractivity contribution in [3.8, 4) is 11.1 Å². The number of carbonyl (C=O) groups is 1. The molecule has 0 amide bonds. The van der Waals surface area contributed by atoms with E-state index in [0.717, 1.165) is 39.4 Å². The molecular formula is C23H19NO2. The van der Waals surface area contributed by atoms with Gasteiger partial charge in [0.15, 0.2) is 0 Å². The van der Waals surface area contributed by atoms with Crippen LogP contribution in [0, 0.1) is 0 Å². The first-order valence-electron chi connectivity index (χ1n) is 8.71. The van der Waals surface area contributed by atoms with E-state index in [4.69, 9.17) is 9.72 Å². The number of carbonyl (C=O) groups excluding carboxylic acids is 1. The van der Waals surface area contributed by atoms with Crippen LogP contribution in [-0.2, 0) is 11.2 Å². The van der Waals surface area contributed by atoms with E-state index in [2.05, 4.69) is 25.1 Å². The van der Waals surface area contributed by atoms with Crippen LogP contribution in [0.5, 0.6) is 0 Å². The minimum absolute atomic E-state index is 0.338. The van der Waals surface area contributed by atoms with Gasteiger partial charge in [0.05, 0.1) is 23.7 Å². The Labute approximate surface area is 152 Å². The van der Waals surface area contributed by atoms with Gasteiger partial charge in [-0.1, -0.05) is 49.4 Å². The van der Waals surface area contributed by atoms with Crippen LogP contribution < -0.4 is 0 Å². The Bertz CT molecular complexity index is 1110. The van der Waals surface area contributed by atoms with Gasteiger partial charge >= 0.3 is 5.97 Å². The molecule has 4 rings (SSSR count). The molecule has 0 N–H and O–H groups in total. The summed E-state index contributed by atoms with van der Waals surface area (Å²) in [7, 11) is 1.41. The van der Waals surface area contributed by atoms with E-state index in [1.54, 1.807) is 0 Å². The Morgan fingerprint density at radius 1 is 0.923 bits per heavy atom. The fourth-order valence-electron chi connectivity index (χ4n) is 3.26. The van der Waals surface area contributed by atoms with Gasteiger partial charge in [0.1, 0.15) is 0 Å². The van der Waals surface area contributed by atoms with Crippen molar-refractivity contribution in [2.45, 2.75) is 13.3 Å².